The van der Waals surface area contributed by atoms with Gasteiger partial charge in [-0.2, -0.15) is 0 Å². The van der Waals surface area contributed by atoms with E-state index >= 15 is 0 Å². The van der Waals surface area contributed by atoms with Crippen LogP contribution in [-0.4, -0.2) is 97.8 Å². The summed E-state index contributed by atoms with van der Waals surface area (Å²) in [6.07, 6.45) is -7.52. The van der Waals surface area contributed by atoms with Crippen LogP contribution in [0.25, 0.3) is 0 Å². The molecule has 0 unspecified atom stereocenters. The van der Waals surface area contributed by atoms with Gasteiger partial charge in [0.05, 0.1) is 47.0 Å². The fraction of sp³-hybridized carbons (Fsp3) is 0.371. The number of aliphatic hydroxyl groups excluding tert-OH is 2. The zero-order valence-electron chi connectivity index (χ0n) is 27.7. The number of ketones is 3. The largest absolute Gasteiger partial charge is 0.507 e. The van der Waals surface area contributed by atoms with Crippen molar-refractivity contribution in [3.8, 4) is 17.2 Å². The number of amides is 1. The number of methoxy groups -OCH3 is 1. The van der Waals surface area contributed by atoms with Gasteiger partial charge in [0.15, 0.2) is 17.9 Å². The number of non-ortho nitro benzene ring substituents is 1. The second-order valence-corrected chi connectivity index (χ2v) is 12.7. The maximum atomic E-state index is 13.9. The van der Waals surface area contributed by atoms with Crippen LogP contribution < -0.4 is 10.1 Å². The van der Waals surface area contributed by atoms with Crippen molar-refractivity contribution in [2.24, 2.45) is 0 Å². The molecule has 274 valence electrons. The molecular weight excluding hydrogens is 688 g/mol. The normalized spacial score (nSPS) is 25.0. The second-order valence-electron chi connectivity index (χ2n) is 12.7. The fourth-order valence-corrected chi connectivity index (χ4v) is 6.91. The Morgan fingerprint density at radius 1 is 1.06 bits per heavy atom. The van der Waals surface area contributed by atoms with Crippen molar-refractivity contribution in [2.45, 2.75) is 69.0 Å². The highest BCUT2D eigenvalue weighted by Crippen LogP contribution is 2.52. The number of phenolic OH excluding ortho intramolecular Hbond substituents is 2. The van der Waals surface area contributed by atoms with E-state index < -0.39 is 107 Å². The Morgan fingerprint density at radius 3 is 2.40 bits per heavy atom. The summed E-state index contributed by atoms with van der Waals surface area (Å²) in [5, 5.41) is 68.6. The van der Waals surface area contributed by atoms with Crippen molar-refractivity contribution in [3.05, 3.63) is 91.5 Å². The molecule has 52 heavy (non-hydrogen) atoms. The Kier molecular flexibility index (Phi) is 9.73. The zero-order chi connectivity index (χ0) is 37.6. The highest BCUT2D eigenvalue weighted by atomic mass is 16.7. The Labute approximate surface area is 294 Å². The number of benzene rings is 3. The minimum absolute atomic E-state index is 0.0433. The summed E-state index contributed by atoms with van der Waals surface area (Å²) >= 11 is 0. The number of carbonyl (C=O) groups is 4. The maximum absolute atomic E-state index is 13.9. The third-order valence-corrected chi connectivity index (χ3v) is 9.58. The van der Waals surface area contributed by atoms with Crippen LogP contribution in [-0.2, 0) is 32.0 Å². The molecule has 1 aliphatic heterocycles. The van der Waals surface area contributed by atoms with E-state index in [0.29, 0.717) is 5.56 Å². The average molecular weight is 723 g/mol. The number of hydrogen-bond donors (Lipinski definition) is 6. The molecule has 6 atom stereocenters. The van der Waals surface area contributed by atoms with Gasteiger partial charge in [-0.3, -0.25) is 24.5 Å². The first-order chi connectivity index (χ1) is 24.7. The summed E-state index contributed by atoms with van der Waals surface area (Å²) in [7, 11) is 1.29. The lowest BCUT2D eigenvalue weighted by molar-refractivity contribution is -0.384. The average Bonchev–Trinajstić information content (AvgIpc) is 3.12. The van der Waals surface area contributed by atoms with Gasteiger partial charge in [-0.1, -0.05) is 12.1 Å². The summed E-state index contributed by atoms with van der Waals surface area (Å²) in [4.78, 5) is 63.5. The topological polar surface area (TPSA) is 262 Å². The minimum atomic E-state index is -2.37. The Bertz CT molecular complexity index is 1980. The van der Waals surface area contributed by atoms with Crippen LogP contribution in [0.15, 0.2) is 42.5 Å². The van der Waals surface area contributed by atoms with E-state index in [4.69, 9.17) is 18.9 Å². The first-order valence-corrected chi connectivity index (χ1v) is 16.1. The molecule has 17 nitrogen and oxygen atoms in total. The van der Waals surface area contributed by atoms with Gasteiger partial charge in [-0.25, -0.2) is 4.79 Å². The van der Waals surface area contributed by atoms with Crippen molar-refractivity contribution >= 4 is 29.1 Å². The molecule has 6 N–H and O–H groups in total. The van der Waals surface area contributed by atoms with Crippen molar-refractivity contribution in [3.63, 3.8) is 0 Å². The SMILES string of the molecule is COc1cccc2c1C(=O)c1c(O)c3c(c(O)c1C2=O)C[C@@](O)(C(=O)CO)C[C@@H]3O[C@H]1C[C@H](NC(=O)OCc2ccc([N+](=O)[O-])cc2)[C@H](O)[C@H](C)O1. The van der Waals surface area contributed by atoms with Crippen molar-refractivity contribution in [2.75, 3.05) is 13.7 Å². The number of aromatic hydroxyl groups is 2. The molecule has 6 rings (SSSR count). The molecule has 0 aromatic heterocycles. The van der Waals surface area contributed by atoms with E-state index in [-0.39, 0.29) is 46.7 Å². The van der Waals surface area contributed by atoms with Crippen molar-refractivity contribution in [1.29, 1.82) is 0 Å². The zero-order valence-corrected chi connectivity index (χ0v) is 27.7. The lowest BCUT2D eigenvalue weighted by Crippen LogP contribution is -2.56. The highest BCUT2D eigenvalue weighted by Gasteiger charge is 2.50. The molecule has 3 aromatic rings. The number of aliphatic hydroxyl groups is 3. The summed E-state index contributed by atoms with van der Waals surface area (Å²) < 4.78 is 22.5. The number of hydrogen-bond acceptors (Lipinski definition) is 15. The molecule has 3 aliphatic rings. The predicted molar refractivity (Wildman–Crippen MR) is 174 cm³/mol. The van der Waals surface area contributed by atoms with E-state index in [1.807, 2.05) is 0 Å². The first-order valence-electron chi connectivity index (χ1n) is 16.1. The molecule has 2 aliphatic carbocycles. The second kappa shape index (κ2) is 13.9. The quantitative estimate of drug-likeness (QED) is 0.0818. The van der Waals surface area contributed by atoms with Gasteiger partial charge in [-0.15, -0.1) is 0 Å². The molecule has 3 aromatic carbocycles. The Hall–Kier alpha value is -5.46. The molecule has 0 bridgehead atoms. The van der Waals surface area contributed by atoms with Crippen LogP contribution in [0.3, 0.4) is 0 Å². The molecular formula is C35H34N2O15. The monoisotopic (exact) mass is 722 g/mol. The summed E-state index contributed by atoms with van der Waals surface area (Å²) in [6.45, 7) is 0.129. The molecule has 1 amide bonds. The molecule has 0 radical (unpaired) electrons. The number of phenols is 2. The summed E-state index contributed by atoms with van der Waals surface area (Å²) in [6, 6.07) is 8.53. The third-order valence-electron chi connectivity index (χ3n) is 9.58. The molecule has 0 saturated carbocycles. The number of nitro benzene ring substituents is 1. The molecule has 1 heterocycles. The molecule has 1 fully saturated rings. The van der Waals surface area contributed by atoms with Crippen molar-refractivity contribution in [1.82, 2.24) is 5.32 Å². The standard InChI is InChI=1S/C35H34N2O15/c1-15-29(40)20(36-34(45)50-14-16-6-8-17(9-7-16)37(47)48)10-24(51-15)52-22-12-35(46,23(39)13-38)11-19-26(22)33(44)28-27(31(19)42)30(41)18-4-3-5-21(49-2)25(18)32(28)43/h3-9,15,20,22,24,29,38,40,42,44,46H,10-14H2,1-2H3,(H,36,45)/t15-,20-,22-,24-,29+,35-/m0/s1. The lowest BCUT2D eigenvalue weighted by atomic mass is 9.72. The minimum Gasteiger partial charge on any atom is -0.507 e. The van der Waals surface area contributed by atoms with E-state index in [9.17, 15) is 54.8 Å². The molecule has 17 heteroatoms. The van der Waals surface area contributed by atoms with Gasteiger partial charge in [0.25, 0.3) is 5.69 Å². The van der Waals surface area contributed by atoms with Crippen LogP contribution in [0, 0.1) is 10.1 Å². The van der Waals surface area contributed by atoms with E-state index in [1.54, 1.807) is 0 Å². The van der Waals surface area contributed by atoms with Gasteiger partial charge in [0, 0.05) is 48.1 Å². The Morgan fingerprint density at radius 2 is 1.75 bits per heavy atom. The number of ether oxygens (including phenoxy) is 4. The highest BCUT2D eigenvalue weighted by molar-refractivity contribution is 6.31. The lowest BCUT2D eigenvalue weighted by Gasteiger charge is -2.42. The van der Waals surface area contributed by atoms with Gasteiger partial charge >= 0.3 is 6.09 Å². The Balaban J connectivity index is 1.30. The van der Waals surface area contributed by atoms with Crippen LogP contribution in [0.5, 0.6) is 17.2 Å². The van der Waals surface area contributed by atoms with Crippen LogP contribution in [0.1, 0.15) is 74.4 Å². The van der Waals surface area contributed by atoms with Crippen LogP contribution in [0.2, 0.25) is 0 Å². The van der Waals surface area contributed by atoms with Gasteiger partial charge in [0.1, 0.15) is 42.2 Å². The van der Waals surface area contributed by atoms with Crippen molar-refractivity contribution < 1.29 is 68.6 Å². The third kappa shape index (κ3) is 6.33. The predicted octanol–water partition coefficient (Wildman–Crippen LogP) is 1.88. The van der Waals surface area contributed by atoms with Gasteiger partial charge in [0.2, 0.25) is 5.78 Å². The number of nitro groups is 1. The number of nitrogens with one attached hydrogen (secondary N) is 1. The van der Waals surface area contributed by atoms with Crippen LogP contribution >= 0.6 is 0 Å². The first kappa shape index (κ1) is 36.3. The number of nitrogens with zero attached hydrogens (tertiary/aromatic N) is 1. The number of carbonyl (C=O) groups excluding carboxylic acids is 4. The van der Waals surface area contributed by atoms with Gasteiger partial charge in [-0.05, 0) is 30.7 Å². The van der Waals surface area contributed by atoms with E-state index in [1.165, 1.54) is 56.5 Å². The maximum Gasteiger partial charge on any atom is 0.407 e. The molecule has 1 saturated heterocycles. The number of Topliss-reactive ketones (excluding diaryl/α,β-unsaturated/α-hetero) is 1. The number of alkyl carbamates (subject to hydrolysis) is 1. The number of rotatable bonds is 9. The fourth-order valence-electron chi connectivity index (χ4n) is 6.91. The molecule has 0 spiro atoms. The van der Waals surface area contributed by atoms with E-state index in [2.05, 4.69) is 5.32 Å². The van der Waals surface area contributed by atoms with Crippen LogP contribution in [0.4, 0.5) is 10.5 Å². The summed E-state index contributed by atoms with van der Waals surface area (Å²) in [5.74, 6) is -4.21. The summed E-state index contributed by atoms with van der Waals surface area (Å²) in [5.41, 5.74) is -3.92. The smallest absolute Gasteiger partial charge is 0.407 e. The number of fused-ring (bicyclic) bond motifs is 3. The van der Waals surface area contributed by atoms with Gasteiger partial charge < -0.3 is 49.8 Å². The van der Waals surface area contributed by atoms with E-state index in [0.717, 1.165) is 0 Å².